The van der Waals surface area contributed by atoms with Crippen molar-refractivity contribution in [3.63, 3.8) is 0 Å². The second-order valence-electron chi connectivity index (χ2n) is 9.34. The summed E-state index contributed by atoms with van der Waals surface area (Å²) in [5.41, 5.74) is 11.7. The van der Waals surface area contributed by atoms with Crippen LogP contribution in [0.3, 0.4) is 0 Å². The van der Waals surface area contributed by atoms with Crippen LogP contribution in [0.4, 0.5) is 0 Å². The van der Waals surface area contributed by atoms with E-state index in [1.165, 1.54) is 12.1 Å². The average Bonchev–Trinajstić information content (AvgIpc) is 2.79. The first kappa shape index (κ1) is 30.4. The van der Waals surface area contributed by atoms with Gasteiger partial charge in [-0.3, -0.25) is 19.2 Å². The molecular formula is C24H37N5O7. The molecular weight excluding hydrogens is 470 g/mol. The number of benzene rings is 1. The molecule has 12 nitrogen and oxygen atoms in total. The Kier molecular flexibility index (Phi) is 11.8. The van der Waals surface area contributed by atoms with E-state index >= 15 is 0 Å². The molecule has 0 aliphatic heterocycles. The second kappa shape index (κ2) is 14.0. The molecule has 0 spiro atoms. The van der Waals surface area contributed by atoms with Crippen molar-refractivity contribution in [2.24, 2.45) is 23.3 Å². The molecule has 200 valence electrons. The van der Waals surface area contributed by atoms with Crippen molar-refractivity contribution < 1.29 is 34.2 Å². The summed E-state index contributed by atoms with van der Waals surface area (Å²) >= 11 is 0. The fourth-order valence-corrected chi connectivity index (χ4v) is 3.24. The standard InChI is InChI=1S/C24H37N5O7/c1-12(2)19(26)23(34)28-17(11-14-5-7-15(30)8-6-14)22(33)27-16(9-10-18(25)31)21(32)29-20(13(3)4)24(35)36/h5-8,12-13,16-17,19-20,30H,9-11,26H2,1-4H3,(H2,25,31)(H,27,33)(H,28,34)(H,29,32)(H,35,36). The Morgan fingerprint density at radius 3 is 1.83 bits per heavy atom. The van der Waals surface area contributed by atoms with Crippen LogP contribution in [0, 0.1) is 11.8 Å². The number of hydrogen-bond donors (Lipinski definition) is 7. The first-order valence-corrected chi connectivity index (χ1v) is 11.7. The number of phenols is 1. The number of carboxylic acids is 1. The van der Waals surface area contributed by atoms with Crippen LogP contribution in [-0.4, -0.2) is 64.0 Å². The highest BCUT2D eigenvalue weighted by atomic mass is 16.4. The third-order valence-electron chi connectivity index (χ3n) is 5.57. The van der Waals surface area contributed by atoms with Gasteiger partial charge in [0.05, 0.1) is 6.04 Å². The van der Waals surface area contributed by atoms with Gasteiger partial charge in [0.1, 0.15) is 23.9 Å². The fourth-order valence-electron chi connectivity index (χ4n) is 3.24. The molecule has 0 aromatic heterocycles. The number of aliphatic carboxylic acids is 1. The van der Waals surface area contributed by atoms with E-state index in [0.29, 0.717) is 5.56 Å². The number of rotatable bonds is 14. The lowest BCUT2D eigenvalue weighted by Gasteiger charge is -2.26. The van der Waals surface area contributed by atoms with E-state index in [4.69, 9.17) is 11.5 Å². The van der Waals surface area contributed by atoms with Crippen molar-refractivity contribution in [2.75, 3.05) is 0 Å². The minimum atomic E-state index is -1.29. The summed E-state index contributed by atoms with van der Waals surface area (Å²) in [7, 11) is 0. The number of nitrogens with two attached hydrogens (primary N) is 2. The molecule has 0 bridgehead atoms. The molecule has 1 aromatic rings. The first-order valence-electron chi connectivity index (χ1n) is 11.7. The number of hydrogen-bond acceptors (Lipinski definition) is 7. The topological polar surface area (TPSA) is 214 Å². The summed E-state index contributed by atoms with van der Waals surface area (Å²) in [6.07, 6.45) is -0.412. The Morgan fingerprint density at radius 2 is 1.36 bits per heavy atom. The Balaban J connectivity index is 3.17. The van der Waals surface area contributed by atoms with E-state index in [0.717, 1.165) is 0 Å². The van der Waals surface area contributed by atoms with Gasteiger partial charge in [-0.1, -0.05) is 39.8 Å². The molecule has 4 atom stereocenters. The van der Waals surface area contributed by atoms with Crippen LogP contribution in [0.1, 0.15) is 46.1 Å². The van der Waals surface area contributed by atoms with E-state index in [2.05, 4.69) is 16.0 Å². The smallest absolute Gasteiger partial charge is 0.326 e. The highest BCUT2D eigenvalue weighted by molar-refractivity contribution is 5.94. The van der Waals surface area contributed by atoms with E-state index < -0.39 is 59.7 Å². The molecule has 0 saturated carbocycles. The predicted molar refractivity (Wildman–Crippen MR) is 131 cm³/mol. The molecule has 0 fully saturated rings. The van der Waals surface area contributed by atoms with Crippen LogP contribution in [0.5, 0.6) is 5.75 Å². The van der Waals surface area contributed by atoms with Crippen LogP contribution in [0.2, 0.25) is 0 Å². The van der Waals surface area contributed by atoms with Crippen molar-refractivity contribution in [3.8, 4) is 5.75 Å². The maximum atomic E-state index is 13.2. The van der Waals surface area contributed by atoms with Crippen LogP contribution >= 0.6 is 0 Å². The van der Waals surface area contributed by atoms with E-state index in [1.54, 1.807) is 39.8 Å². The SMILES string of the molecule is CC(C)C(N)C(=O)NC(Cc1ccc(O)cc1)C(=O)NC(CCC(N)=O)C(=O)NC(C(=O)O)C(C)C. The number of carbonyl (C=O) groups is 5. The first-order chi connectivity index (χ1) is 16.7. The van der Waals surface area contributed by atoms with E-state index in [-0.39, 0.29) is 30.9 Å². The van der Waals surface area contributed by atoms with Crippen LogP contribution in [0.15, 0.2) is 24.3 Å². The normalized spacial score (nSPS) is 14.4. The van der Waals surface area contributed by atoms with Crippen LogP contribution in [-0.2, 0) is 30.4 Å². The molecule has 4 unspecified atom stereocenters. The van der Waals surface area contributed by atoms with Gasteiger partial charge < -0.3 is 37.6 Å². The molecule has 9 N–H and O–H groups in total. The highest BCUT2D eigenvalue weighted by Gasteiger charge is 2.32. The van der Waals surface area contributed by atoms with Crippen molar-refractivity contribution in [3.05, 3.63) is 29.8 Å². The lowest BCUT2D eigenvalue weighted by atomic mass is 10.0. The zero-order valence-electron chi connectivity index (χ0n) is 21.0. The van der Waals surface area contributed by atoms with Crippen molar-refractivity contribution in [1.29, 1.82) is 0 Å². The zero-order chi connectivity index (χ0) is 27.6. The van der Waals surface area contributed by atoms with Gasteiger partial charge in [-0.05, 0) is 36.0 Å². The summed E-state index contributed by atoms with van der Waals surface area (Å²) in [4.78, 5) is 61.6. The molecule has 36 heavy (non-hydrogen) atoms. The lowest BCUT2D eigenvalue weighted by Crippen LogP contribution is -2.58. The van der Waals surface area contributed by atoms with Gasteiger partial charge >= 0.3 is 5.97 Å². The van der Waals surface area contributed by atoms with Crippen molar-refractivity contribution >= 4 is 29.6 Å². The third-order valence-corrected chi connectivity index (χ3v) is 5.57. The largest absolute Gasteiger partial charge is 0.508 e. The van der Waals surface area contributed by atoms with Crippen molar-refractivity contribution in [2.45, 2.75) is 71.1 Å². The minimum Gasteiger partial charge on any atom is -0.508 e. The van der Waals surface area contributed by atoms with Gasteiger partial charge in [-0.15, -0.1) is 0 Å². The zero-order valence-corrected chi connectivity index (χ0v) is 21.0. The summed E-state index contributed by atoms with van der Waals surface area (Å²) in [5.74, 6) is -4.72. The number of carbonyl (C=O) groups excluding carboxylic acids is 4. The van der Waals surface area contributed by atoms with Crippen LogP contribution in [0.25, 0.3) is 0 Å². The molecule has 0 saturated heterocycles. The number of aromatic hydroxyl groups is 1. The molecule has 0 radical (unpaired) electrons. The third kappa shape index (κ3) is 9.90. The summed E-state index contributed by atoms with van der Waals surface area (Å²) in [6.45, 7) is 6.71. The molecule has 1 aromatic carbocycles. The van der Waals surface area contributed by atoms with Gasteiger partial charge in [-0.25, -0.2) is 4.79 Å². The number of primary amides is 1. The fraction of sp³-hybridized carbons (Fsp3) is 0.542. The Hall–Kier alpha value is -3.67. The van der Waals surface area contributed by atoms with Gasteiger partial charge in [0.2, 0.25) is 23.6 Å². The molecule has 0 aliphatic carbocycles. The van der Waals surface area contributed by atoms with Crippen molar-refractivity contribution in [1.82, 2.24) is 16.0 Å². The summed E-state index contributed by atoms with van der Waals surface area (Å²) < 4.78 is 0. The monoisotopic (exact) mass is 507 g/mol. The lowest BCUT2D eigenvalue weighted by molar-refractivity contribution is -0.143. The number of carboxylic acid groups (broad SMARTS) is 1. The van der Waals surface area contributed by atoms with Gasteiger partial charge in [-0.2, -0.15) is 0 Å². The molecule has 4 amide bonds. The van der Waals surface area contributed by atoms with E-state index in [1.807, 2.05) is 0 Å². The summed E-state index contributed by atoms with van der Waals surface area (Å²) in [6, 6.07) is 1.43. The highest BCUT2D eigenvalue weighted by Crippen LogP contribution is 2.13. The van der Waals surface area contributed by atoms with E-state index in [9.17, 15) is 34.2 Å². The van der Waals surface area contributed by atoms with Gasteiger partial charge in [0, 0.05) is 12.8 Å². The molecule has 1 rings (SSSR count). The minimum absolute atomic E-state index is 0.0105. The quantitative estimate of drug-likeness (QED) is 0.172. The Labute approximate surface area is 210 Å². The average molecular weight is 508 g/mol. The Morgan fingerprint density at radius 1 is 0.833 bits per heavy atom. The summed E-state index contributed by atoms with van der Waals surface area (Å²) in [5, 5.41) is 26.4. The number of nitrogens with one attached hydrogen (secondary N) is 3. The maximum Gasteiger partial charge on any atom is 0.326 e. The van der Waals surface area contributed by atoms with Gasteiger partial charge in [0.15, 0.2) is 0 Å². The number of phenolic OH excluding ortho intramolecular Hbond substituents is 1. The molecule has 0 aliphatic rings. The maximum absolute atomic E-state index is 13.2. The number of amides is 4. The Bertz CT molecular complexity index is 933. The van der Waals surface area contributed by atoms with Gasteiger partial charge in [0.25, 0.3) is 0 Å². The van der Waals surface area contributed by atoms with Crippen LogP contribution < -0.4 is 27.4 Å². The molecule has 0 heterocycles. The predicted octanol–water partition coefficient (Wildman–Crippen LogP) is -0.621. The molecule has 12 heteroatoms. The second-order valence-corrected chi connectivity index (χ2v) is 9.34.